The lowest BCUT2D eigenvalue weighted by Gasteiger charge is -2.14. The molecule has 3 rings (SSSR count). The summed E-state index contributed by atoms with van der Waals surface area (Å²) in [7, 11) is -2.35. The molecule has 0 aromatic heterocycles. The summed E-state index contributed by atoms with van der Waals surface area (Å²) < 4.78 is 34.2. The van der Waals surface area contributed by atoms with Crippen LogP contribution in [0.4, 0.5) is 5.69 Å². The molecule has 3 aromatic carbocycles. The zero-order valence-electron chi connectivity index (χ0n) is 17.8. The Morgan fingerprint density at radius 2 is 1.88 bits per heavy atom. The Hall–Kier alpha value is -3.58. The van der Waals surface area contributed by atoms with Crippen molar-refractivity contribution in [3.63, 3.8) is 0 Å². The quantitative estimate of drug-likeness (QED) is 0.516. The predicted octanol–water partition coefficient (Wildman–Crippen LogP) is 4.15. The summed E-state index contributed by atoms with van der Waals surface area (Å²) in [5.74, 6) is 0.712. The fourth-order valence-corrected chi connectivity index (χ4v) is 3.84. The Bertz CT molecular complexity index is 1370. The number of hydrogen-bond donors (Lipinski definition) is 2. The van der Waals surface area contributed by atoms with E-state index in [4.69, 9.17) is 31.5 Å². The maximum Gasteiger partial charge on any atom is 0.238 e. The number of carbonyl (C=O) groups excluding carboxylic acids is 1. The van der Waals surface area contributed by atoms with Crippen LogP contribution in [0, 0.1) is 18.3 Å². The van der Waals surface area contributed by atoms with Gasteiger partial charge in [0.05, 0.1) is 24.0 Å². The van der Waals surface area contributed by atoms with Crippen molar-refractivity contribution >= 4 is 33.2 Å². The second-order valence-electron chi connectivity index (χ2n) is 7.06. The maximum absolute atomic E-state index is 12.6. The fraction of sp³-hybridized carbons (Fsp3) is 0.130. The standard InChI is InChI=1S/C23H20ClN3O5S/c1-14-10-17(33(26,29)30)7-8-18(14)27-22(28)12-15-6-9-19(31-2)21(11-15)32-20-5-3-4-16(13-25)23(20)24/h3-11H,12H2,1-2H3,(H,27,28)(H2,26,29,30). The predicted molar refractivity (Wildman–Crippen MR) is 124 cm³/mol. The molecule has 0 saturated heterocycles. The highest BCUT2D eigenvalue weighted by Gasteiger charge is 2.15. The molecular formula is C23H20ClN3O5S. The van der Waals surface area contributed by atoms with E-state index in [9.17, 15) is 13.2 Å². The van der Waals surface area contributed by atoms with E-state index >= 15 is 0 Å². The summed E-state index contributed by atoms with van der Waals surface area (Å²) >= 11 is 6.22. The van der Waals surface area contributed by atoms with Crippen LogP contribution in [-0.2, 0) is 21.2 Å². The van der Waals surface area contributed by atoms with Crippen molar-refractivity contribution in [1.82, 2.24) is 0 Å². The van der Waals surface area contributed by atoms with E-state index in [1.807, 2.05) is 6.07 Å². The van der Waals surface area contributed by atoms with Gasteiger partial charge in [-0.1, -0.05) is 23.7 Å². The lowest BCUT2D eigenvalue weighted by Crippen LogP contribution is -2.16. The molecule has 8 nitrogen and oxygen atoms in total. The number of aryl methyl sites for hydroxylation is 1. The third-order valence-electron chi connectivity index (χ3n) is 4.70. The summed E-state index contributed by atoms with van der Waals surface area (Å²) in [4.78, 5) is 12.6. The monoisotopic (exact) mass is 485 g/mol. The molecule has 0 atom stereocenters. The number of nitriles is 1. The largest absolute Gasteiger partial charge is 0.493 e. The number of nitrogens with zero attached hydrogens (tertiary/aromatic N) is 1. The summed E-state index contributed by atoms with van der Waals surface area (Å²) in [6, 6.07) is 16.1. The number of rotatable bonds is 7. The van der Waals surface area contributed by atoms with E-state index < -0.39 is 10.0 Å². The van der Waals surface area contributed by atoms with Crippen molar-refractivity contribution in [3.05, 3.63) is 76.3 Å². The number of halogens is 1. The van der Waals surface area contributed by atoms with Gasteiger partial charge in [-0.05, 0) is 60.5 Å². The molecule has 0 unspecified atom stereocenters. The second-order valence-corrected chi connectivity index (χ2v) is 9.00. The van der Waals surface area contributed by atoms with Crippen LogP contribution in [0.5, 0.6) is 17.2 Å². The smallest absolute Gasteiger partial charge is 0.238 e. The van der Waals surface area contributed by atoms with Gasteiger partial charge in [0, 0.05) is 5.69 Å². The summed E-state index contributed by atoms with van der Waals surface area (Å²) in [6.45, 7) is 1.67. The lowest BCUT2D eigenvalue weighted by atomic mass is 10.1. The van der Waals surface area contributed by atoms with Crippen molar-refractivity contribution < 1.29 is 22.7 Å². The van der Waals surface area contributed by atoms with Gasteiger partial charge in [-0.3, -0.25) is 4.79 Å². The maximum atomic E-state index is 12.6. The fourth-order valence-electron chi connectivity index (χ4n) is 3.04. The van der Waals surface area contributed by atoms with Crippen LogP contribution in [0.1, 0.15) is 16.7 Å². The summed E-state index contributed by atoms with van der Waals surface area (Å²) in [6.07, 6.45) is 0.0166. The number of anilines is 1. The van der Waals surface area contributed by atoms with Crippen molar-refractivity contribution in [2.45, 2.75) is 18.2 Å². The minimum atomic E-state index is -3.83. The minimum absolute atomic E-state index is 0.0166. The van der Waals surface area contributed by atoms with Crippen LogP contribution in [0.25, 0.3) is 0 Å². The third-order valence-corrected chi connectivity index (χ3v) is 6.00. The van der Waals surface area contributed by atoms with E-state index in [0.717, 1.165) is 0 Å². The highest BCUT2D eigenvalue weighted by atomic mass is 35.5. The van der Waals surface area contributed by atoms with Crippen molar-refractivity contribution in [3.8, 4) is 23.3 Å². The Morgan fingerprint density at radius 1 is 1.12 bits per heavy atom. The van der Waals surface area contributed by atoms with Gasteiger partial charge in [-0.2, -0.15) is 5.26 Å². The molecule has 0 aliphatic carbocycles. The molecule has 1 amide bonds. The summed E-state index contributed by atoms with van der Waals surface area (Å²) in [5, 5.41) is 17.2. The average molecular weight is 486 g/mol. The van der Waals surface area contributed by atoms with Gasteiger partial charge < -0.3 is 14.8 Å². The first-order valence-electron chi connectivity index (χ1n) is 9.59. The van der Waals surface area contributed by atoms with Crippen molar-refractivity contribution in [1.29, 1.82) is 5.26 Å². The van der Waals surface area contributed by atoms with Crippen LogP contribution >= 0.6 is 11.6 Å². The Kier molecular flexibility index (Phi) is 7.23. The molecule has 3 aromatic rings. The number of carbonyl (C=O) groups is 1. The van der Waals surface area contributed by atoms with E-state index in [0.29, 0.717) is 28.3 Å². The zero-order valence-corrected chi connectivity index (χ0v) is 19.3. The molecule has 0 radical (unpaired) electrons. The molecular weight excluding hydrogens is 466 g/mol. The Labute approximate surface area is 196 Å². The molecule has 3 N–H and O–H groups in total. The van der Waals surface area contributed by atoms with Crippen LogP contribution in [0.2, 0.25) is 5.02 Å². The number of sulfonamides is 1. The number of methoxy groups -OCH3 is 1. The van der Waals surface area contributed by atoms with Gasteiger partial charge in [0.1, 0.15) is 16.8 Å². The van der Waals surface area contributed by atoms with Crippen LogP contribution < -0.4 is 19.9 Å². The highest BCUT2D eigenvalue weighted by molar-refractivity contribution is 7.89. The second kappa shape index (κ2) is 9.92. The number of amides is 1. The number of benzene rings is 3. The van der Waals surface area contributed by atoms with Crippen LogP contribution in [-0.4, -0.2) is 21.4 Å². The molecule has 33 heavy (non-hydrogen) atoms. The first-order valence-corrected chi connectivity index (χ1v) is 11.5. The van der Waals surface area contributed by atoms with Gasteiger partial charge in [0.25, 0.3) is 0 Å². The van der Waals surface area contributed by atoms with E-state index in [1.54, 1.807) is 43.3 Å². The molecule has 0 aliphatic heterocycles. The van der Waals surface area contributed by atoms with Gasteiger partial charge in [-0.25, -0.2) is 13.6 Å². The molecule has 0 heterocycles. The Balaban J connectivity index is 1.80. The highest BCUT2D eigenvalue weighted by Crippen LogP contribution is 2.37. The number of ether oxygens (including phenoxy) is 2. The molecule has 170 valence electrons. The number of nitrogens with two attached hydrogens (primary N) is 1. The van der Waals surface area contributed by atoms with Crippen molar-refractivity contribution in [2.24, 2.45) is 5.14 Å². The minimum Gasteiger partial charge on any atom is -0.493 e. The molecule has 10 heteroatoms. The molecule has 0 spiro atoms. The number of primary sulfonamides is 1. The van der Waals surface area contributed by atoms with E-state index in [2.05, 4.69) is 5.32 Å². The molecule has 0 bridgehead atoms. The first kappa shape index (κ1) is 24.1. The topological polar surface area (TPSA) is 132 Å². The van der Waals surface area contributed by atoms with Gasteiger partial charge in [0.2, 0.25) is 15.9 Å². The molecule has 0 saturated carbocycles. The zero-order chi connectivity index (χ0) is 24.2. The lowest BCUT2D eigenvalue weighted by molar-refractivity contribution is -0.115. The SMILES string of the molecule is COc1ccc(CC(=O)Nc2ccc(S(N)(=O)=O)cc2C)cc1Oc1cccc(C#N)c1Cl. The van der Waals surface area contributed by atoms with Gasteiger partial charge in [0.15, 0.2) is 11.5 Å². The van der Waals surface area contributed by atoms with Crippen LogP contribution in [0.15, 0.2) is 59.5 Å². The number of nitrogens with one attached hydrogen (secondary N) is 1. The molecule has 0 fully saturated rings. The molecule has 0 aliphatic rings. The third kappa shape index (κ3) is 5.81. The summed E-state index contributed by atoms with van der Waals surface area (Å²) in [5.41, 5.74) is 1.93. The number of hydrogen-bond acceptors (Lipinski definition) is 6. The van der Waals surface area contributed by atoms with E-state index in [-0.39, 0.29) is 33.6 Å². The first-order chi connectivity index (χ1) is 15.6. The Morgan fingerprint density at radius 3 is 2.52 bits per heavy atom. The van der Waals surface area contributed by atoms with Crippen molar-refractivity contribution in [2.75, 3.05) is 12.4 Å². The van der Waals surface area contributed by atoms with Gasteiger partial charge >= 0.3 is 0 Å². The van der Waals surface area contributed by atoms with Gasteiger partial charge in [-0.15, -0.1) is 0 Å². The van der Waals surface area contributed by atoms with Crippen LogP contribution in [0.3, 0.4) is 0 Å². The van der Waals surface area contributed by atoms with E-state index in [1.165, 1.54) is 25.3 Å². The average Bonchev–Trinajstić information content (AvgIpc) is 2.76. The normalized spacial score (nSPS) is 10.9.